The fraction of sp³-hybridized carbons (Fsp3) is 0.158. The number of aromatic nitrogens is 2. The van der Waals surface area contributed by atoms with E-state index in [-0.39, 0.29) is 17.8 Å². The summed E-state index contributed by atoms with van der Waals surface area (Å²) in [6.07, 6.45) is 1.47. The molecule has 0 atom stereocenters. The highest BCUT2D eigenvalue weighted by molar-refractivity contribution is 5.76. The maximum atomic E-state index is 12.2. The molecule has 0 N–H and O–H groups in total. The van der Waals surface area contributed by atoms with Gasteiger partial charge < -0.3 is 8.83 Å². The van der Waals surface area contributed by atoms with E-state index in [0.717, 1.165) is 16.7 Å². The summed E-state index contributed by atoms with van der Waals surface area (Å²) in [6.45, 7) is 4.06. The maximum Gasteiger partial charge on any atom is 0.420 e. The van der Waals surface area contributed by atoms with Crippen molar-refractivity contribution in [2.45, 2.75) is 20.4 Å². The Labute approximate surface area is 152 Å². The van der Waals surface area contributed by atoms with Gasteiger partial charge in [0.25, 0.3) is 5.69 Å². The Hall–Kier alpha value is -3.68. The van der Waals surface area contributed by atoms with Crippen LogP contribution in [-0.2, 0) is 6.54 Å². The number of fused-ring (bicyclic) bond motifs is 1. The van der Waals surface area contributed by atoms with E-state index in [1.165, 1.54) is 29.0 Å². The first-order chi connectivity index (χ1) is 12.9. The largest absolute Gasteiger partial charge is 0.444 e. The van der Waals surface area contributed by atoms with Crippen LogP contribution in [0.2, 0.25) is 0 Å². The third-order valence-corrected chi connectivity index (χ3v) is 4.35. The van der Waals surface area contributed by atoms with E-state index < -0.39 is 10.7 Å². The third-order valence-electron chi connectivity index (χ3n) is 4.35. The van der Waals surface area contributed by atoms with Crippen molar-refractivity contribution in [1.82, 2.24) is 9.55 Å². The van der Waals surface area contributed by atoms with Gasteiger partial charge in [-0.1, -0.05) is 17.7 Å². The van der Waals surface area contributed by atoms with Crippen molar-refractivity contribution in [3.8, 4) is 11.5 Å². The highest BCUT2D eigenvalue weighted by Gasteiger charge is 2.16. The normalized spacial score (nSPS) is 11.2. The number of hydrogen-bond donors (Lipinski definition) is 0. The van der Waals surface area contributed by atoms with Crippen molar-refractivity contribution in [3.05, 3.63) is 80.1 Å². The SMILES string of the molecule is Cc1ccc(-c2nc(Cn3c(=O)oc4ccc([N+](=O)[O-])cc43)co2)c(C)c1. The molecule has 2 aromatic carbocycles. The van der Waals surface area contributed by atoms with Crippen LogP contribution in [-0.4, -0.2) is 14.5 Å². The predicted octanol–water partition coefficient (Wildman–Crippen LogP) is 3.82. The van der Waals surface area contributed by atoms with E-state index >= 15 is 0 Å². The van der Waals surface area contributed by atoms with Gasteiger partial charge in [-0.3, -0.25) is 14.7 Å². The van der Waals surface area contributed by atoms with Crippen molar-refractivity contribution < 1.29 is 13.8 Å². The molecular weight excluding hydrogens is 350 g/mol. The lowest BCUT2D eigenvalue weighted by Gasteiger charge is -2.02. The molecule has 2 heterocycles. The van der Waals surface area contributed by atoms with Gasteiger partial charge in [0.05, 0.1) is 22.7 Å². The number of non-ortho nitro benzene ring substituents is 1. The van der Waals surface area contributed by atoms with Crippen molar-refractivity contribution in [2.75, 3.05) is 0 Å². The quantitative estimate of drug-likeness (QED) is 0.402. The van der Waals surface area contributed by atoms with Gasteiger partial charge in [-0.2, -0.15) is 0 Å². The molecule has 0 amide bonds. The molecule has 0 fully saturated rings. The van der Waals surface area contributed by atoms with Crippen molar-refractivity contribution in [2.24, 2.45) is 0 Å². The van der Waals surface area contributed by atoms with Crippen LogP contribution >= 0.6 is 0 Å². The van der Waals surface area contributed by atoms with E-state index in [0.29, 0.717) is 17.1 Å². The van der Waals surface area contributed by atoms with Crippen LogP contribution in [0.3, 0.4) is 0 Å². The van der Waals surface area contributed by atoms with Crippen molar-refractivity contribution in [1.29, 1.82) is 0 Å². The number of nitro benzene ring substituents is 1. The first kappa shape index (κ1) is 16.8. The molecule has 0 aliphatic rings. The minimum Gasteiger partial charge on any atom is -0.444 e. The summed E-state index contributed by atoms with van der Waals surface area (Å²) in [5.41, 5.74) is 4.06. The van der Waals surface area contributed by atoms with Crippen LogP contribution in [0.1, 0.15) is 16.8 Å². The van der Waals surface area contributed by atoms with E-state index in [1.807, 2.05) is 32.0 Å². The van der Waals surface area contributed by atoms with Crippen LogP contribution in [0.15, 0.2) is 56.3 Å². The number of benzene rings is 2. The molecule has 8 heteroatoms. The average molecular weight is 365 g/mol. The number of nitro groups is 1. The Balaban J connectivity index is 1.72. The minimum absolute atomic E-state index is 0.0847. The van der Waals surface area contributed by atoms with Crippen molar-refractivity contribution in [3.63, 3.8) is 0 Å². The van der Waals surface area contributed by atoms with E-state index in [9.17, 15) is 14.9 Å². The lowest BCUT2D eigenvalue weighted by atomic mass is 10.1. The molecule has 27 heavy (non-hydrogen) atoms. The zero-order valence-corrected chi connectivity index (χ0v) is 14.6. The van der Waals surface area contributed by atoms with Gasteiger partial charge >= 0.3 is 5.76 Å². The molecule has 0 bridgehead atoms. The molecule has 0 unspecified atom stereocenters. The van der Waals surface area contributed by atoms with Crippen molar-refractivity contribution >= 4 is 16.8 Å². The molecule has 4 rings (SSSR count). The second-order valence-electron chi connectivity index (χ2n) is 6.33. The number of rotatable bonds is 4. The molecule has 2 aromatic heterocycles. The van der Waals surface area contributed by atoms with Gasteiger partial charge in [0.2, 0.25) is 5.89 Å². The molecule has 0 spiro atoms. The maximum absolute atomic E-state index is 12.2. The zero-order valence-electron chi connectivity index (χ0n) is 14.6. The Bertz CT molecular complexity index is 1230. The summed E-state index contributed by atoms with van der Waals surface area (Å²) in [7, 11) is 0. The summed E-state index contributed by atoms with van der Waals surface area (Å²) >= 11 is 0. The van der Waals surface area contributed by atoms with E-state index in [1.54, 1.807) is 0 Å². The summed E-state index contributed by atoms with van der Waals surface area (Å²) in [6, 6.07) is 9.96. The van der Waals surface area contributed by atoms with Crippen LogP contribution in [0, 0.1) is 24.0 Å². The zero-order chi connectivity index (χ0) is 19.1. The molecular formula is C19H15N3O5. The Morgan fingerprint density at radius 2 is 2.00 bits per heavy atom. The number of aryl methyl sites for hydroxylation is 2. The highest BCUT2D eigenvalue weighted by atomic mass is 16.6. The summed E-state index contributed by atoms with van der Waals surface area (Å²) in [5, 5.41) is 11.0. The fourth-order valence-electron chi connectivity index (χ4n) is 3.03. The molecule has 0 saturated heterocycles. The third kappa shape index (κ3) is 3.01. The molecule has 0 aliphatic carbocycles. The van der Waals surface area contributed by atoms with Gasteiger partial charge in [-0.15, -0.1) is 0 Å². The minimum atomic E-state index is -0.610. The molecule has 0 radical (unpaired) electrons. The fourth-order valence-corrected chi connectivity index (χ4v) is 3.03. The van der Waals surface area contributed by atoms with E-state index in [4.69, 9.17) is 8.83 Å². The van der Waals surface area contributed by atoms with E-state index in [2.05, 4.69) is 4.98 Å². The highest BCUT2D eigenvalue weighted by Crippen LogP contribution is 2.25. The molecule has 136 valence electrons. The van der Waals surface area contributed by atoms with Gasteiger partial charge in [0.1, 0.15) is 6.26 Å². The summed E-state index contributed by atoms with van der Waals surface area (Å²) in [5.74, 6) is -0.157. The number of oxazole rings is 2. The Morgan fingerprint density at radius 3 is 2.74 bits per heavy atom. The lowest BCUT2D eigenvalue weighted by molar-refractivity contribution is -0.384. The molecule has 0 saturated carbocycles. The topological polar surface area (TPSA) is 104 Å². The number of hydrogen-bond acceptors (Lipinski definition) is 6. The lowest BCUT2D eigenvalue weighted by Crippen LogP contribution is -2.15. The van der Waals surface area contributed by atoms with Crippen LogP contribution in [0.4, 0.5) is 5.69 Å². The van der Waals surface area contributed by atoms with Crippen LogP contribution in [0.25, 0.3) is 22.6 Å². The monoisotopic (exact) mass is 365 g/mol. The van der Waals surface area contributed by atoms with Gasteiger partial charge in [0.15, 0.2) is 5.58 Å². The van der Waals surface area contributed by atoms with Gasteiger partial charge in [-0.25, -0.2) is 9.78 Å². The van der Waals surface area contributed by atoms with Gasteiger partial charge in [0, 0.05) is 17.7 Å². The summed E-state index contributed by atoms with van der Waals surface area (Å²) < 4.78 is 12.0. The molecule has 0 aliphatic heterocycles. The predicted molar refractivity (Wildman–Crippen MR) is 97.6 cm³/mol. The second-order valence-corrected chi connectivity index (χ2v) is 6.33. The van der Waals surface area contributed by atoms with Crippen LogP contribution < -0.4 is 5.76 Å². The second kappa shape index (κ2) is 6.24. The molecule has 4 aromatic rings. The average Bonchev–Trinajstić information content (AvgIpc) is 3.20. The Morgan fingerprint density at radius 1 is 1.19 bits per heavy atom. The van der Waals surface area contributed by atoms with Crippen LogP contribution in [0.5, 0.6) is 0 Å². The first-order valence-electron chi connectivity index (χ1n) is 8.22. The smallest absolute Gasteiger partial charge is 0.420 e. The standard InChI is InChI=1S/C19H15N3O5/c1-11-3-5-15(12(2)7-11)18-20-13(10-26-18)9-21-16-8-14(22(24)25)4-6-17(16)27-19(21)23/h3-8,10H,9H2,1-2H3. The first-order valence-corrected chi connectivity index (χ1v) is 8.22. The Kier molecular flexibility index (Phi) is 3.88. The number of nitrogens with zero attached hydrogens (tertiary/aromatic N) is 3. The molecule has 8 nitrogen and oxygen atoms in total. The van der Waals surface area contributed by atoms with Gasteiger partial charge in [-0.05, 0) is 31.5 Å². The summed E-state index contributed by atoms with van der Waals surface area (Å²) in [4.78, 5) is 27.1.